The van der Waals surface area contributed by atoms with E-state index in [1.54, 1.807) is 7.11 Å². The fourth-order valence-electron chi connectivity index (χ4n) is 2.48. The van der Waals surface area contributed by atoms with Gasteiger partial charge in [0.25, 0.3) is 0 Å². The molecule has 0 bridgehead atoms. The molecule has 1 aromatic carbocycles. The van der Waals surface area contributed by atoms with E-state index in [9.17, 15) is 5.11 Å². The van der Waals surface area contributed by atoms with Gasteiger partial charge in [-0.05, 0) is 17.5 Å². The van der Waals surface area contributed by atoms with Crippen LogP contribution in [0.5, 0.6) is 11.5 Å². The summed E-state index contributed by atoms with van der Waals surface area (Å²) in [5, 5.41) is 10.6. The highest BCUT2D eigenvalue weighted by atomic mass is 16.5. The van der Waals surface area contributed by atoms with Crippen LogP contribution in [0.4, 0.5) is 0 Å². The van der Waals surface area contributed by atoms with Gasteiger partial charge in [0.2, 0.25) is 0 Å². The molecule has 112 valence electrons. The van der Waals surface area contributed by atoms with E-state index in [1.165, 1.54) is 0 Å². The van der Waals surface area contributed by atoms with Crippen LogP contribution in [0.25, 0.3) is 0 Å². The van der Waals surface area contributed by atoms with Crippen molar-refractivity contribution in [3.05, 3.63) is 23.3 Å². The SMILES string of the molecule is COc1cc(CN2CCOCC2)c(O)c(C(C)(C)C)c1. The van der Waals surface area contributed by atoms with Crippen molar-refractivity contribution in [3.8, 4) is 11.5 Å². The van der Waals surface area contributed by atoms with Crippen LogP contribution >= 0.6 is 0 Å². The summed E-state index contributed by atoms with van der Waals surface area (Å²) in [6, 6.07) is 3.86. The molecule has 1 heterocycles. The van der Waals surface area contributed by atoms with Crippen molar-refractivity contribution in [3.63, 3.8) is 0 Å². The molecule has 1 aliphatic heterocycles. The Morgan fingerprint density at radius 2 is 1.90 bits per heavy atom. The zero-order valence-electron chi connectivity index (χ0n) is 12.9. The standard InChI is InChI=1S/C16H25NO3/c1-16(2,3)14-10-13(19-4)9-12(15(14)18)11-17-5-7-20-8-6-17/h9-10,18H,5-8,11H2,1-4H3. The van der Waals surface area contributed by atoms with E-state index in [0.717, 1.165) is 49.7 Å². The number of hydrogen-bond acceptors (Lipinski definition) is 4. The molecule has 4 heteroatoms. The first-order valence-corrected chi connectivity index (χ1v) is 7.12. The van der Waals surface area contributed by atoms with E-state index in [1.807, 2.05) is 12.1 Å². The molecular weight excluding hydrogens is 254 g/mol. The minimum absolute atomic E-state index is 0.113. The van der Waals surface area contributed by atoms with E-state index in [0.29, 0.717) is 5.75 Å². The molecule has 1 aromatic rings. The Kier molecular flexibility index (Phi) is 4.55. The van der Waals surface area contributed by atoms with Crippen molar-refractivity contribution >= 4 is 0 Å². The molecule has 2 rings (SSSR count). The topological polar surface area (TPSA) is 41.9 Å². The number of phenols is 1. The molecule has 0 aliphatic carbocycles. The third-order valence-corrected chi connectivity index (χ3v) is 3.70. The summed E-state index contributed by atoms with van der Waals surface area (Å²) in [5.41, 5.74) is 1.74. The van der Waals surface area contributed by atoms with Gasteiger partial charge in [0.15, 0.2) is 0 Å². The third kappa shape index (κ3) is 3.44. The summed E-state index contributed by atoms with van der Waals surface area (Å²) in [7, 11) is 1.66. The molecule has 1 saturated heterocycles. The first-order valence-electron chi connectivity index (χ1n) is 7.12. The number of hydrogen-bond donors (Lipinski definition) is 1. The number of ether oxygens (including phenoxy) is 2. The molecule has 0 saturated carbocycles. The molecule has 0 spiro atoms. The average molecular weight is 279 g/mol. The summed E-state index contributed by atoms with van der Waals surface area (Å²) in [6.07, 6.45) is 0. The Morgan fingerprint density at radius 1 is 1.25 bits per heavy atom. The van der Waals surface area contributed by atoms with Crippen LogP contribution in [0.15, 0.2) is 12.1 Å². The van der Waals surface area contributed by atoms with Crippen LogP contribution < -0.4 is 4.74 Å². The van der Waals surface area contributed by atoms with E-state index in [4.69, 9.17) is 9.47 Å². The smallest absolute Gasteiger partial charge is 0.124 e. The summed E-state index contributed by atoms with van der Waals surface area (Å²) in [4.78, 5) is 2.30. The molecule has 20 heavy (non-hydrogen) atoms. The predicted octanol–water partition coefficient (Wildman–Crippen LogP) is 2.53. The maximum absolute atomic E-state index is 10.6. The Labute approximate surface area is 121 Å². The molecule has 4 nitrogen and oxygen atoms in total. The van der Waals surface area contributed by atoms with Gasteiger partial charge in [0.1, 0.15) is 11.5 Å². The Balaban J connectivity index is 2.31. The van der Waals surface area contributed by atoms with E-state index in [2.05, 4.69) is 25.7 Å². The Hall–Kier alpha value is -1.26. The van der Waals surface area contributed by atoms with E-state index < -0.39 is 0 Å². The van der Waals surface area contributed by atoms with Gasteiger partial charge in [-0.15, -0.1) is 0 Å². The normalized spacial score (nSPS) is 17.2. The van der Waals surface area contributed by atoms with Crippen molar-refractivity contribution < 1.29 is 14.6 Å². The summed E-state index contributed by atoms with van der Waals surface area (Å²) in [6.45, 7) is 10.4. The first kappa shape index (κ1) is 15.1. The van der Waals surface area contributed by atoms with Crippen molar-refractivity contribution in [2.75, 3.05) is 33.4 Å². The second kappa shape index (κ2) is 6.02. The highest BCUT2D eigenvalue weighted by Gasteiger charge is 2.23. The highest BCUT2D eigenvalue weighted by Crippen LogP contribution is 2.37. The van der Waals surface area contributed by atoms with Gasteiger partial charge in [-0.2, -0.15) is 0 Å². The zero-order chi connectivity index (χ0) is 14.8. The van der Waals surface area contributed by atoms with Gasteiger partial charge in [0.05, 0.1) is 20.3 Å². The van der Waals surface area contributed by atoms with Crippen LogP contribution in [-0.2, 0) is 16.7 Å². The number of phenolic OH excluding ortho intramolecular Hbond substituents is 1. The summed E-state index contributed by atoms with van der Waals surface area (Å²) >= 11 is 0. The highest BCUT2D eigenvalue weighted by molar-refractivity contribution is 5.49. The van der Waals surface area contributed by atoms with E-state index in [-0.39, 0.29) is 5.41 Å². The van der Waals surface area contributed by atoms with Crippen LogP contribution in [0.3, 0.4) is 0 Å². The molecule has 1 N–H and O–H groups in total. The average Bonchev–Trinajstić information content (AvgIpc) is 2.41. The van der Waals surface area contributed by atoms with Crippen LogP contribution in [0.1, 0.15) is 31.9 Å². The van der Waals surface area contributed by atoms with Crippen LogP contribution in [0.2, 0.25) is 0 Å². The lowest BCUT2D eigenvalue weighted by molar-refractivity contribution is 0.0338. The molecule has 1 fully saturated rings. The first-order chi connectivity index (χ1) is 9.41. The number of aromatic hydroxyl groups is 1. The lowest BCUT2D eigenvalue weighted by Gasteiger charge is -2.28. The maximum Gasteiger partial charge on any atom is 0.124 e. The minimum Gasteiger partial charge on any atom is -0.507 e. The predicted molar refractivity (Wildman–Crippen MR) is 79.5 cm³/mol. The van der Waals surface area contributed by atoms with Gasteiger partial charge in [0, 0.05) is 30.8 Å². The molecule has 0 aromatic heterocycles. The fourth-order valence-corrected chi connectivity index (χ4v) is 2.48. The number of methoxy groups -OCH3 is 1. The largest absolute Gasteiger partial charge is 0.507 e. The number of benzene rings is 1. The van der Waals surface area contributed by atoms with Crippen molar-refractivity contribution in [1.82, 2.24) is 4.90 Å². The molecule has 0 atom stereocenters. The summed E-state index contributed by atoms with van der Waals surface area (Å²) < 4.78 is 10.7. The molecule has 1 aliphatic rings. The second-order valence-electron chi connectivity index (χ2n) is 6.32. The maximum atomic E-state index is 10.6. The van der Waals surface area contributed by atoms with Gasteiger partial charge in [-0.3, -0.25) is 4.90 Å². The number of morpholine rings is 1. The monoisotopic (exact) mass is 279 g/mol. The Bertz CT molecular complexity index is 460. The van der Waals surface area contributed by atoms with Gasteiger partial charge >= 0.3 is 0 Å². The quantitative estimate of drug-likeness (QED) is 0.923. The number of rotatable bonds is 3. The fraction of sp³-hybridized carbons (Fsp3) is 0.625. The van der Waals surface area contributed by atoms with Gasteiger partial charge < -0.3 is 14.6 Å². The minimum atomic E-state index is -0.113. The lowest BCUT2D eigenvalue weighted by Crippen LogP contribution is -2.35. The third-order valence-electron chi connectivity index (χ3n) is 3.70. The Morgan fingerprint density at radius 3 is 2.45 bits per heavy atom. The zero-order valence-corrected chi connectivity index (χ0v) is 12.9. The van der Waals surface area contributed by atoms with Crippen LogP contribution in [-0.4, -0.2) is 43.4 Å². The molecule has 0 amide bonds. The molecule has 0 unspecified atom stereocenters. The van der Waals surface area contributed by atoms with Crippen molar-refractivity contribution in [2.45, 2.75) is 32.7 Å². The van der Waals surface area contributed by atoms with Crippen molar-refractivity contribution in [1.29, 1.82) is 0 Å². The van der Waals surface area contributed by atoms with Gasteiger partial charge in [-0.25, -0.2) is 0 Å². The van der Waals surface area contributed by atoms with Crippen LogP contribution in [0, 0.1) is 0 Å². The lowest BCUT2D eigenvalue weighted by atomic mass is 9.85. The molecular formula is C16H25NO3. The van der Waals surface area contributed by atoms with Crippen molar-refractivity contribution in [2.24, 2.45) is 0 Å². The number of nitrogens with zero attached hydrogens (tertiary/aromatic N) is 1. The molecule has 0 radical (unpaired) electrons. The second-order valence-corrected chi connectivity index (χ2v) is 6.32. The van der Waals surface area contributed by atoms with Gasteiger partial charge in [-0.1, -0.05) is 20.8 Å². The van der Waals surface area contributed by atoms with E-state index >= 15 is 0 Å². The summed E-state index contributed by atoms with van der Waals surface area (Å²) in [5.74, 6) is 1.20.